The van der Waals surface area contributed by atoms with Gasteiger partial charge in [0.25, 0.3) is 0 Å². The molecule has 0 aromatic heterocycles. The fraction of sp³-hybridized carbons (Fsp3) is 0.875. The highest BCUT2D eigenvalue weighted by Crippen LogP contribution is 2.25. The van der Waals surface area contributed by atoms with E-state index in [0.29, 0.717) is 11.7 Å². The monoisotopic (exact) mass is 188 g/mol. The van der Waals surface area contributed by atoms with Gasteiger partial charge in [-0.25, -0.2) is 4.79 Å². The van der Waals surface area contributed by atoms with Crippen molar-refractivity contribution in [2.45, 2.75) is 31.5 Å². The zero-order chi connectivity index (χ0) is 9.14. The molecular weight excluding hydrogens is 171 g/mol. The van der Waals surface area contributed by atoms with E-state index in [1.807, 2.05) is 4.90 Å². The highest BCUT2D eigenvalue weighted by atomic mass is 31.0. The van der Waals surface area contributed by atoms with Crippen molar-refractivity contribution in [3.63, 3.8) is 0 Å². The number of hydrogen-bond acceptors (Lipinski definition) is 1. The number of likely N-dealkylation sites (tertiary alicyclic amines) is 1. The van der Waals surface area contributed by atoms with Crippen LogP contribution in [0.1, 0.15) is 19.8 Å². The quantitative estimate of drug-likeness (QED) is 0.613. The summed E-state index contributed by atoms with van der Waals surface area (Å²) in [5, 5.41) is 2.67. The number of carbonyl (C=O) groups excluding carboxylic acids is 1. The number of hydrogen-bond donors (Lipinski definition) is 1. The van der Waals surface area contributed by atoms with E-state index in [-0.39, 0.29) is 6.03 Å². The first-order valence-electron chi connectivity index (χ1n) is 4.43. The van der Waals surface area contributed by atoms with Gasteiger partial charge < -0.3 is 10.2 Å². The predicted octanol–water partition coefficient (Wildman–Crippen LogP) is 1.05. The zero-order valence-electron chi connectivity index (χ0n) is 7.71. The van der Waals surface area contributed by atoms with Crippen LogP contribution in [0.25, 0.3) is 0 Å². The molecule has 3 nitrogen and oxygen atoms in total. The lowest BCUT2D eigenvalue weighted by Gasteiger charge is -2.22. The summed E-state index contributed by atoms with van der Waals surface area (Å²) < 4.78 is 0. The highest BCUT2D eigenvalue weighted by molar-refractivity contribution is 7.17. The van der Waals surface area contributed by atoms with Gasteiger partial charge in [-0.15, -0.1) is 9.24 Å². The molecule has 0 aromatic rings. The van der Waals surface area contributed by atoms with Crippen molar-refractivity contribution in [2.24, 2.45) is 0 Å². The molecule has 12 heavy (non-hydrogen) atoms. The molecule has 1 unspecified atom stereocenters. The molecule has 0 bridgehead atoms. The van der Waals surface area contributed by atoms with Gasteiger partial charge in [0.05, 0.1) is 0 Å². The first-order chi connectivity index (χ1) is 5.69. The smallest absolute Gasteiger partial charge is 0.317 e. The van der Waals surface area contributed by atoms with E-state index in [1.165, 1.54) is 0 Å². The Hall–Kier alpha value is -0.300. The van der Waals surface area contributed by atoms with Gasteiger partial charge in [0.15, 0.2) is 0 Å². The van der Waals surface area contributed by atoms with Crippen LogP contribution in [-0.4, -0.2) is 36.2 Å². The molecule has 1 rings (SSSR count). The third-order valence-electron chi connectivity index (χ3n) is 2.39. The normalized spacial score (nSPS) is 29.1. The molecule has 0 saturated carbocycles. The van der Waals surface area contributed by atoms with Gasteiger partial charge in [0.2, 0.25) is 0 Å². The van der Waals surface area contributed by atoms with E-state index >= 15 is 0 Å². The second-order valence-electron chi connectivity index (χ2n) is 3.27. The molecule has 1 saturated heterocycles. The topological polar surface area (TPSA) is 32.3 Å². The number of nitrogens with one attached hydrogen (secondary N) is 1. The van der Waals surface area contributed by atoms with Gasteiger partial charge in [-0.05, 0) is 18.5 Å². The fourth-order valence-electron chi connectivity index (χ4n) is 1.73. The lowest BCUT2D eigenvalue weighted by atomic mass is 10.2. The van der Waals surface area contributed by atoms with Crippen LogP contribution < -0.4 is 5.32 Å². The van der Waals surface area contributed by atoms with E-state index in [2.05, 4.69) is 21.5 Å². The summed E-state index contributed by atoms with van der Waals surface area (Å²) in [6.07, 6.45) is 2.17. The molecule has 1 fully saturated rings. The Balaban J connectivity index is 2.57. The van der Waals surface area contributed by atoms with Crippen molar-refractivity contribution >= 4 is 15.3 Å². The molecule has 0 spiro atoms. The molecule has 1 aliphatic rings. The average Bonchev–Trinajstić information content (AvgIpc) is 2.45. The number of amides is 2. The molecular formula is C8H17N2OP. The van der Waals surface area contributed by atoms with Gasteiger partial charge in [-0.3, -0.25) is 0 Å². The first kappa shape index (κ1) is 9.79. The minimum absolute atomic E-state index is 0.0619. The van der Waals surface area contributed by atoms with Gasteiger partial charge in [0.1, 0.15) is 0 Å². The van der Waals surface area contributed by atoms with Gasteiger partial charge in [-0.1, -0.05) is 6.92 Å². The molecule has 4 heteroatoms. The number of rotatable bonds is 1. The summed E-state index contributed by atoms with van der Waals surface area (Å²) in [5.74, 6) is 0. The summed E-state index contributed by atoms with van der Waals surface area (Å²) in [6, 6.07) is 0.499. The van der Waals surface area contributed by atoms with Crippen LogP contribution in [0.2, 0.25) is 0 Å². The molecule has 2 amide bonds. The van der Waals surface area contributed by atoms with E-state index < -0.39 is 0 Å². The highest BCUT2D eigenvalue weighted by Gasteiger charge is 2.31. The predicted molar refractivity (Wildman–Crippen MR) is 53.4 cm³/mol. The second kappa shape index (κ2) is 4.08. The van der Waals surface area contributed by atoms with E-state index in [4.69, 9.17) is 0 Å². The lowest BCUT2D eigenvalue weighted by Crippen LogP contribution is -2.41. The van der Waals surface area contributed by atoms with Crippen molar-refractivity contribution < 1.29 is 4.79 Å². The number of urea groups is 1. The lowest BCUT2D eigenvalue weighted by molar-refractivity contribution is 0.193. The Morgan fingerprint density at radius 2 is 2.42 bits per heavy atom. The molecule has 1 aliphatic heterocycles. The van der Waals surface area contributed by atoms with Crippen molar-refractivity contribution in [1.82, 2.24) is 10.2 Å². The second-order valence-corrected chi connectivity index (χ2v) is 4.21. The van der Waals surface area contributed by atoms with Crippen molar-refractivity contribution in [3.8, 4) is 0 Å². The van der Waals surface area contributed by atoms with Crippen LogP contribution in [0.15, 0.2) is 0 Å². The Bertz CT molecular complexity index is 174. The molecule has 70 valence electrons. The van der Waals surface area contributed by atoms with Crippen LogP contribution >= 0.6 is 9.24 Å². The largest absolute Gasteiger partial charge is 0.341 e. The van der Waals surface area contributed by atoms with Gasteiger partial charge in [-0.2, -0.15) is 0 Å². The van der Waals surface area contributed by atoms with Gasteiger partial charge >= 0.3 is 6.03 Å². The summed E-state index contributed by atoms with van der Waals surface area (Å²) in [6.45, 7) is 3.01. The van der Waals surface area contributed by atoms with Gasteiger partial charge in [0, 0.05) is 19.6 Å². The molecule has 1 N–H and O–H groups in total. The first-order valence-corrected chi connectivity index (χ1v) is 5.09. The third kappa shape index (κ3) is 1.89. The Labute approximate surface area is 76.1 Å². The fourth-order valence-corrected chi connectivity index (χ4v) is 2.27. The minimum atomic E-state index is 0.0619. The summed E-state index contributed by atoms with van der Waals surface area (Å²) >= 11 is 0. The standard InChI is InChI=1S/C8H17N2OP/c1-3-6-4-7(12)5-10(6)8(11)9-2/h6-7H,3-5,12H2,1-2H3,(H,9,11)/t6-,7+/m1/s1. The van der Waals surface area contributed by atoms with Crippen LogP contribution in [0.5, 0.6) is 0 Å². The summed E-state index contributed by atoms with van der Waals surface area (Å²) in [7, 11) is 4.48. The van der Waals surface area contributed by atoms with Crippen molar-refractivity contribution in [3.05, 3.63) is 0 Å². The van der Waals surface area contributed by atoms with Crippen molar-refractivity contribution in [1.29, 1.82) is 0 Å². The van der Waals surface area contributed by atoms with E-state index in [1.54, 1.807) is 7.05 Å². The number of nitrogens with zero attached hydrogens (tertiary/aromatic N) is 1. The third-order valence-corrected chi connectivity index (χ3v) is 2.88. The maximum Gasteiger partial charge on any atom is 0.317 e. The molecule has 1 heterocycles. The average molecular weight is 188 g/mol. The maximum absolute atomic E-state index is 11.3. The summed E-state index contributed by atoms with van der Waals surface area (Å²) in [5.41, 5.74) is 0.576. The molecule has 0 aromatic carbocycles. The zero-order valence-corrected chi connectivity index (χ0v) is 8.86. The minimum Gasteiger partial charge on any atom is -0.341 e. The van der Waals surface area contributed by atoms with Crippen LogP contribution in [-0.2, 0) is 0 Å². The molecule has 3 atom stereocenters. The van der Waals surface area contributed by atoms with Crippen LogP contribution in [0, 0.1) is 0 Å². The SMILES string of the molecule is CC[C@@H]1C[C@H](P)CN1C(=O)NC. The van der Waals surface area contributed by atoms with E-state index in [0.717, 1.165) is 19.4 Å². The van der Waals surface area contributed by atoms with Crippen LogP contribution in [0.4, 0.5) is 4.79 Å². The van der Waals surface area contributed by atoms with E-state index in [9.17, 15) is 4.79 Å². The van der Waals surface area contributed by atoms with Crippen molar-refractivity contribution in [2.75, 3.05) is 13.6 Å². The maximum atomic E-state index is 11.3. The Morgan fingerprint density at radius 3 is 2.92 bits per heavy atom. The van der Waals surface area contributed by atoms with Crippen LogP contribution in [0.3, 0.4) is 0 Å². The summed E-state index contributed by atoms with van der Waals surface area (Å²) in [4.78, 5) is 13.3. The molecule has 0 aliphatic carbocycles. The number of carbonyl (C=O) groups is 1. The Kier molecular flexibility index (Phi) is 3.33. The molecule has 0 radical (unpaired) electrons. The Morgan fingerprint density at radius 1 is 1.75 bits per heavy atom.